The van der Waals surface area contributed by atoms with Crippen LogP contribution in [0.1, 0.15) is 17.8 Å². The largest absolute Gasteiger partial charge is 0.494 e. The van der Waals surface area contributed by atoms with Gasteiger partial charge in [0.15, 0.2) is 0 Å². The Bertz CT molecular complexity index is 1040. The number of hydrogen-bond donors (Lipinski definition) is 0. The summed E-state index contributed by atoms with van der Waals surface area (Å²) in [6.45, 7) is 2.59. The first kappa shape index (κ1) is 17.7. The molecule has 4 rings (SSSR count). The molecule has 4 aromatic rings. The number of ether oxygens (including phenoxy) is 1. The van der Waals surface area contributed by atoms with Crippen LogP contribution >= 0.6 is 22.9 Å². The third-order valence-corrected chi connectivity index (χ3v) is 5.07. The van der Waals surface area contributed by atoms with Gasteiger partial charge < -0.3 is 9.26 Å². The van der Waals surface area contributed by atoms with Gasteiger partial charge >= 0.3 is 0 Å². The Morgan fingerprint density at radius 2 is 1.89 bits per heavy atom. The van der Waals surface area contributed by atoms with Crippen LogP contribution in [0.25, 0.3) is 22.6 Å². The first-order chi connectivity index (χ1) is 13.2. The highest BCUT2D eigenvalue weighted by molar-refractivity contribution is 7.10. The molecular weight excluding hydrogens is 382 g/mol. The first-order valence-electron chi connectivity index (χ1n) is 8.48. The highest BCUT2D eigenvalue weighted by atomic mass is 35.5. The molecule has 0 amide bonds. The molecule has 136 valence electrons. The average molecular weight is 398 g/mol. The number of thiazole rings is 1. The lowest BCUT2D eigenvalue weighted by Crippen LogP contribution is -1.91. The molecule has 0 aliphatic carbocycles. The average Bonchev–Trinajstić information content (AvgIpc) is 3.33. The van der Waals surface area contributed by atoms with E-state index in [1.54, 1.807) is 11.3 Å². The summed E-state index contributed by atoms with van der Waals surface area (Å²) in [6, 6.07) is 15.3. The maximum atomic E-state index is 6.25. The second-order valence-corrected chi connectivity index (χ2v) is 7.10. The Morgan fingerprint density at radius 3 is 2.67 bits per heavy atom. The highest BCUT2D eigenvalue weighted by Crippen LogP contribution is 2.29. The fraction of sp³-hybridized carbons (Fsp3) is 0.150. The number of halogens is 1. The fourth-order valence-corrected chi connectivity index (χ4v) is 3.64. The smallest absolute Gasteiger partial charge is 0.233 e. The Morgan fingerprint density at radius 1 is 1.07 bits per heavy atom. The molecule has 0 saturated carbocycles. The molecule has 0 bridgehead atoms. The minimum Gasteiger partial charge on any atom is -0.494 e. The van der Waals surface area contributed by atoms with E-state index < -0.39 is 0 Å². The highest BCUT2D eigenvalue weighted by Gasteiger charge is 2.13. The van der Waals surface area contributed by atoms with Crippen LogP contribution < -0.4 is 4.74 Å². The van der Waals surface area contributed by atoms with Crippen molar-refractivity contribution in [2.45, 2.75) is 13.3 Å². The first-order valence-corrected chi connectivity index (χ1v) is 9.74. The van der Waals surface area contributed by atoms with Gasteiger partial charge in [0.1, 0.15) is 10.8 Å². The molecule has 5 nitrogen and oxygen atoms in total. The lowest BCUT2D eigenvalue weighted by atomic mass is 10.2. The normalized spacial score (nSPS) is 10.9. The molecule has 0 saturated heterocycles. The van der Waals surface area contributed by atoms with Crippen molar-refractivity contribution in [3.8, 4) is 28.4 Å². The monoisotopic (exact) mass is 397 g/mol. The number of nitrogens with zero attached hydrogens (tertiary/aromatic N) is 3. The maximum absolute atomic E-state index is 6.25. The summed E-state index contributed by atoms with van der Waals surface area (Å²) in [5.41, 5.74) is 2.65. The zero-order valence-corrected chi connectivity index (χ0v) is 16.1. The zero-order valence-electron chi connectivity index (χ0n) is 14.6. The third kappa shape index (κ3) is 4.02. The Balaban J connectivity index is 1.49. The number of benzene rings is 2. The molecule has 0 radical (unpaired) electrons. The number of hydrogen-bond acceptors (Lipinski definition) is 6. The predicted molar refractivity (Wildman–Crippen MR) is 106 cm³/mol. The predicted octanol–water partition coefficient (Wildman–Crippen LogP) is 5.50. The van der Waals surface area contributed by atoms with Crippen molar-refractivity contribution < 1.29 is 9.26 Å². The lowest BCUT2D eigenvalue weighted by molar-refractivity contribution is 0.340. The van der Waals surface area contributed by atoms with Crippen molar-refractivity contribution in [2.24, 2.45) is 0 Å². The van der Waals surface area contributed by atoms with Crippen molar-refractivity contribution in [2.75, 3.05) is 6.61 Å². The molecule has 0 aliphatic heterocycles. The van der Waals surface area contributed by atoms with Crippen molar-refractivity contribution >= 4 is 22.9 Å². The summed E-state index contributed by atoms with van der Waals surface area (Å²) >= 11 is 7.79. The molecule has 0 N–H and O–H groups in total. The van der Waals surface area contributed by atoms with Crippen LogP contribution in [-0.2, 0) is 6.42 Å². The molecule has 0 atom stereocenters. The molecule has 0 aliphatic rings. The van der Waals surface area contributed by atoms with Gasteiger partial charge in [0.25, 0.3) is 0 Å². The van der Waals surface area contributed by atoms with E-state index in [4.69, 9.17) is 20.9 Å². The van der Waals surface area contributed by atoms with E-state index in [2.05, 4.69) is 15.1 Å². The standard InChI is InChI=1S/C20H16ClN3O2S/c1-2-25-14-9-7-13(8-10-14)20-23-18(26-24-20)11-19-22-17(12-27-19)15-5-3-4-6-16(15)21/h3-10,12H,2,11H2,1H3. The molecule has 0 fully saturated rings. The van der Waals surface area contributed by atoms with E-state index in [0.29, 0.717) is 29.8 Å². The molecule has 7 heteroatoms. The van der Waals surface area contributed by atoms with Gasteiger partial charge in [-0.3, -0.25) is 0 Å². The van der Waals surface area contributed by atoms with Gasteiger partial charge in [-0.1, -0.05) is 35.0 Å². The van der Waals surface area contributed by atoms with Crippen LogP contribution in [0.5, 0.6) is 5.75 Å². The molecule has 0 unspecified atom stereocenters. The number of aromatic nitrogens is 3. The Hall–Kier alpha value is -2.70. The summed E-state index contributed by atoms with van der Waals surface area (Å²) in [6.07, 6.45) is 0.485. The fourth-order valence-electron chi connectivity index (χ4n) is 2.62. The van der Waals surface area contributed by atoms with Gasteiger partial charge in [0.05, 0.1) is 18.7 Å². The summed E-state index contributed by atoms with van der Waals surface area (Å²) in [5.74, 6) is 1.90. The van der Waals surface area contributed by atoms with Crippen LogP contribution in [0.3, 0.4) is 0 Å². The zero-order chi connectivity index (χ0) is 18.6. The van der Waals surface area contributed by atoms with Crippen LogP contribution in [0.15, 0.2) is 58.4 Å². The van der Waals surface area contributed by atoms with Gasteiger partial charge in [-0.2, -0.15) is 4.98 Å². The van der Waals surface area contributed by atoms with Crippen molar-refractivity contribution in [1.82, 2.24) is 15.1 Å². The number of rotatable bonds is 6. The van der Waals surface area contributed by atoms with Gasteiger partial charge in [0.2, 0.25) is 11.7 Å². The SMILES string of the molecule is CCOc1ccc(-c2noc(Cc3nc(-c4ccccc4Cl)cs3)n2)cc1. The molecule has 2 aromatic carbocycles. The summed E-state index contributed by atoms with van der Waals surface area (Å²) in [5, 5.41) is 7.63. The van der Waals surface area contributed by atoms with Crippen molar-refractivity contribution in [3.05, 3.63) is 69.8 Å². The van der Waals surface area contributed by atoms with Crippen molar-refractivity contribution in [3.63, 3.8) is 0 Å². The van der Waals surface area contributed by atoms with E-state index in [0.717, 1.165) is 27.6 Å². The quantitative estimate of drug-likeness (QED) is 0.429. The molecule has 0 spiro atoms. The Kier molecular flexibility index (Phi) is 5.18. The maximum Gasteiger partial charge on any atom is 0.233 e. The second-order valence-electron chi connectivity index (χ2n) is 5.75. The van der Waals surface area contributed by atoms with E-state index >= 15 is 0 Å². The van der Waals surface area contributed by atoms with Gasteiger partial charge in [-0.05, 0) is 37.3 Å². The van der Waals surface area contributed by atoms with E-state index in [1.165, 1.54) is 0 Å². The Labute approximate surface area is 165 Å². The van der Waals surface area contributed by atoms with Crippen LogP contribution in [-0.4, -0.2) is 21.7 Å². The van der Waals surface area contributed by atoms with Gasteiger partial charge in [0, 0.05) is 21.5 Å². The molecule has 2 heterocycles. The molecule has 27 heavy (non-hydrogen) atoms. The van der Waals surface area contributed by atoms with Crippen LogP contribution in [0.4, 0.5) is 0 Å². The van der Waals surface area contributed by atoms with Gasteiger partial charge in [-0.15, -0.1) is 11.3 Å². The van der Waals surface area contributed by atoms with Crippen LogP contribution in [0.2, 0.25) is 5.02 Å². The summed E-state index contributed by atoms with van der Waals surface area (Å²) in [7, 11) is 0. The molecule has 2 aromatic heterocycles. The topological polar surface area (TPSA) is 61.0 Å². The lowest BCUT2D eigenvalue weighted by Gasteiger charge is -2.02. The van der Waals surface area contributed by atoms with Crippen molar-refractivity contribution in [1.29, 1.82) is 0 Å². The van der Waals surface area contributed by atoms with E-state index in [-0.39, 0.29) is 0 Å². The minimum atomic E-state index is 0.485. The second kappa shape index (κ2) is 7.90. The summed E-state index contributed by atoms with van der Waals surface area (Å²) < 4.78 is 10.8. The summed E-state index contributed by atoms with van der Waals surface area (Å²) in [4.78, 5) is 9.11. The third-order valence-electron chi connectivity index (χ3n) is 3.90. The van der Waals surface area contributed by atoms with E-state index in [1.807, 2.05) is 60.8 Å². The van der Waals surface area contributed by atoms with Gasteiger partial charge in [-0.25, -0.2) is 4.98 Å². The van der Waals surface area contributed by atoms with Crippen LogP contribution in [0, 0.1) is 0 Å². The molecular formula is C20H16ClN3O2S. The van der Waals surface area contributed by atoms with E-state index in [9.17, 15) is 0 Å². The minimum absolute atomic E-state index is 0.485.